The zero-order valence-corrected chi connectivity index (χ0v) is 13.6. The largest absolute Gasteiger partial charge is 0.378 e. The molecule has 0 bridgehead atoms. The number of amides is 1. The lowest BCUT2D eigenvalue weighted by molar-refractivity contribution is -0.182. The summed E-state index contributed by atoms with van der Waals surface area (Å²) >= 11 is 0. The van der Waals surface area contributed by atoms with Crippen LogP contribution in [-0.2, 0) is 14.3 Å². The highest BCUT2D eigenvalue weighted by atomic mass is 35.5. The third-order valence-corrected chi connectivity index (χ3v) is 5.04. The molecule has 0 radical (unpaired) electrons. The van der Waals surface area contributed by atoms with Crippen molar-refractivity contribution in [1.29, 1.82) is 0 Å². The molecule has 1 aliphatic carbocycles. The zero-order valence-electron chi connectivity index (χ0n) is 12.8. The normalized spacial score (nSPS) is 35.6. The molecule has 2 fully saturated rings. The summed E-state index contributed by atoms with van der Waals surface area (Å²) in [6.45, 7) is 8.58. The van der Waals surface area contributed by atoms with Gasteiger partial charge in [-0.2, -0.15) is 0 Å². The lowest BCUT2D eigenvalue weighted by atomic mass is 9.56. The number of hydrogen-bond acceptors (Lipinski definition) is 4. The predicted molar refractivity (Wildman–Crippen MR) is 80.2 cm³/mol. The van der Waals surface area contributed by atoms with Gasteiger partial charge in [0.2, 0.25) is 5.91 Å². The van der Waals surface area contributed by atoms with Crippen molar-refractivity contribution in [3.05, 3.63) is 0 Å². The maximum atomic E-state index is 12.1. The minimum absolute atomic E-state index is 0. The molecule has 2 rings (SSSR count). The first-order valence-corrected chi connectivity index (χ1v) is 7.05. The Morgan fingerprint density at radius 3 is 2.65 bits per heavy atom. The van der Waals surface area contributed by atoms with Crippen LogP contribution < -0.4 is 10.6 Å². The van der Waals surface area contributed by atoms with Crippen molar-refractivity contribution in [2.24, 2.45) is 5.41 Å². The smallest absolute Gasteiger partial charge is 0.221 e. The summed E-state index contributed by atoms with van der Waals surface area (Å²) in [5, 5.41) is 6.43. The molecule has 0 aromatic rings. The second-order valence-corrected chi connectivity index (χ2v) is 6.41. The van der Waals surface area contributed by atoms with Crippen LogP contribution in [0.3, 0.4) is 0 Å². The topological polar surface area (TPSA) is 59.6 Å². The van der Waals surface area contributed by atoms with Gasteiger partial charge in [0.25, 0.3) is 0 Å². The van der Waals surface area contributed by atoms with Gasteiger partial charge in [0, 0.05) is 37.6 Å². The first-order valence-electron chi connectivity index (χ1n) is 7.05. The first kappa shape index (κ1) is 17.7. The number of morpholine rings is 1. The number of rotatable bonds is 4. The van der Waals surface area contributed by atoms with Crippen LogP contribution in [-0.4, -0.2) is 50.5 Å². The van der Waals surface area contributed by atoms with Crippen molar-refractivity contribution in [1.82, 2.24) is 10.6 Å². The van der Waals surface area contributed by atoms with Gasteiger partial charge in [-0.1, -0.05) is 13.8 Å². The zero-order chi connectivity index (χ0) is 14.1. The Morgan fingerprint density at radius 1 is 1.45 bits per heavy atom. The number of carbonyl (C=O) groups is 1. The van der Waals surface area contributed by atoms with Crippen LogP contribution in [0.15, 0.2) is 0 Å². The van der Waals surface area contributed by atoms with E-state index in [9.17, 15) is 4.79 Å². The molecule has 1 heterocycles. The number of nitrogens with one attached hydrogen (secondary N) is 2. The van der Waals surface area contributed by atoms with Gasteiger partial charge in [0.05, 0.1) is 18.8 Å². The Morgan fingerprint density at radius 2 is 2.15 bits per heavy atom. The lowest BCUT2D eigenvalue weighted by Crippen LogP contribution is -2.68. The standard InChI is InChI=1S/C14H26N2O3.ClH/c1-13(2)11(8-14(13,3)18-4)16-12(17)7-10-9-19-6-5-15-10;/h10-11,15H,5-9H2,1-4H3,(H,16,17);1H. The van der Waals surface area contributed by atoms with Crippen molar-refractivity contribution in [3.8, 4) is 0 Å². The molecule has 1 amide bonds. The van der Waals surface area contributed by atoms with Gasteiger partial charge in [-0.3, -0.25) is 4.79 Å². The van der Waals surface area contributed by atoms with Crippen LogP contribution in [0.2, 0.25) is 0 Å². The van der Waals surface area contributed by atoms with Gasteiger partial charge >= 0.3 is 0 Å². The molecule has 1 aliphatic heterocycles. The number of carbonyl (C=O) groups excluding carboxylic acids is 1. The molecular formula is C14H27ClN2O3. The summed E-state index contributed by atoms with van der Waals surface area (Å²) in [6.07, 6.45) is 1.35. The molecule has 2 aliphatic rings. The fraction of sp³-hybridized carbons (Fsp3) is 0.929. The van der Waals surface area contributed by atoms with Crippen LogP contribution in [0.1, 0.15) is 33.6 Å². The predicted octanol–water partition coefficient (Wildman–Crippen LogP) is 1.11. The van der Waals surface area contributed by atoms with E-state index in [0.29, 0.717) is 13.0 Å². The monoisotopic (exact) mass is 306 g/mol. The highest BCUT2D eigenvalue weighted by Gasteiger charge is 2.58. The van der Waals surface area contributed by atoms with E-state index in [1.165, 1.54) is 0 Å². The average Bonchev–Trinajstić information content (AvgIpc) is 2.39. The third-order valence-electron chi connectivity index (χ3n) is 5.04. The van der Waals surface area contributed by atoms with E-state index in [1.807, 2.05) is 0 Å². The highest BCUT2D eigenvalue weighted by Crippen LogP contribution is 2.51. The molecular weight excluding hydrogens is 280 g/mol. The fourth-order valence-electron chi connectivity index (χ4n) is 2.95. The molecule has 118 valence electrons. The summed E-state index contributed by atoms with van der Waals surface area (Å²) in [4.78, 5) is 12.1. The van der Waals surface area contributed by atoms with Crippen molar-refractivity contribution in [2.75, 3.05) is 26.9 Å². The summed E-state index contributed by atoms with van der Waals surface area (Å²) in [6, 6.07) is 0.334. The van der Waals surface area contributed by atoms with Crippen LogP contribution >= 0.6 is 12.4 Å². The van der Waals surface area contributed by atoms with E-state index >= 15 is 0 Å². The molecule has 2 N–H and O–H groups in total. The Bertz CT molecular complexity index is 345. The Hall–Kier alpha value is -0.360. The average molecular weight is 307 g/mol. The molecule has 3 atom stereocenters. The second kappa shape index (κ2) is 6.60. The Labute approximate surface area is 127 Å². The third kappa shape index (κ3) is 3.27. The summed E-state index contributed by atoms with van der Waals surface area (Å²) in [7, 11) is 1.74. The van der Waals surface area contributed by atoms with Gasteiger partial charge in [0.15, 0.2) is 0 Å². The lowest BCUT2D eigenvalue weighted by Gasteiger charge is -2.59. The SMILES string of the molecule is COC1(C)CC(NC(=O)CC2COCCN2)C1(C)C.Cl. The van der Waals surface area contributed by atoms with Crippen LogP contribution in [0.5, 0.6) is 0 Å². The maximum absolute atomic E-state index is 12.1. The highest BCUT2D eigenvalue weighted by molar-refractivity contribution is 5.85. The van der Waals surface area contributed by atoms with Crippen LogP contribution in [0, 0.1) is 5.41 Å². The van der Waals surface area contributed by atoms with Gasteiger partial charge in [-0.25, -0.2) is 0 Å². The van der Waals surface area contributed by atoms with Gasteiger partial charge in [-0.15, -0.1) is 12.4 Å². The molecule has 0 aromatic carbocycles. The second-order valence-electron chi connectivity index (χ2n) is 6.41. The van der Waals surface area contributed by atoms with Crippen molar-refractivity contribution in [3.63, 3.8) is 0 Å². The van der Waals surface area contributed by atoms with E-state index in [0.717, 1.165) is 19.6 Å². The van der Waals surface area contributed by atoms with Gasteiger partial charge in [0.1, 0.15) is 0 Å². The molecule has 0 spiro atoms. The fourth-order valence-corrected chi connectivity index (χ4v) is 2.95. The van der Waals surface area contributed by atoms with E-state index in [2.05, 4.69) is 31.4 Å². The van der Waals surface area contributed by atoms with Gasteiger partial charge < -0.3 is 20.1 Å². The summed E-state index contributed by atoms with van der Waals surface area (Å²) in [5.41, 5.74) is -0.176. The van der Waals surface area contributed by atoms with E-state index in [1.54, 1.807) is 7.11 Å². The number of ether oxygens (including phenoxy) is 2. The molecule has 0 aromatic heterocycles. The molecule has 20 heavy (non-hydrogen) atoms. The van der Waals surface area contributed by atoms with Crippen molar-refractivity contribution in [2.45, 2.75) is 51.3 Å². The molecule has 5 nitrogen and oxygen atoms in total. The minimum Gasteiger partial charge on any atom is -0.378 e. The van der Waals surface area contributed by atoms with Crippen LogP contribution in [0.4, 0.5) is 0 Å². The Kier molecular flexibility index (Phi) is 5.84. The molecule has 3 unspecified atom stereocenters. The number of methoxy groups -OCH3 is 1. The quantitative estimate of drug-likeness (QED) is 0.817. The minimum atomic E-state index is -0.142. The van der Waals surface area contributed by atoms with E-state index in [4.69, 9.17) is 9.47 Å². The van der Waals surface area contributed by atoms with E-state index in [-0.39, 0.29) is 41.4 Å². The summed E-state index contributed by atoms with van der Waals surface area (Å²) in [5.74, 6) is 0.0965. The van der Waals surface area contributed by atoms with Crippen molar-refractivity contribution >= 4 is 18.3 Å². The van der Waals surface area contributed by atoms with Crippen molar-refractivity contribution < 1.29 is 14.3 Å². The Balaban J connectivity index is 0.00000200. The summed E-state index contributed by atoms with van der Waals surface area (Å²) < 4.78 is 10.9. The maximum Gasteiger partial charge on any atom is 0.221 e. The van der Waals surface area contributed by atoms with E-state index < -0.39 is 0 Å². The molecule has 1 saturated carbocycles. The number of halogens is 1. The first-order chi connectivity index (χ1) is 8.89. The molecule has 1 saturated heterocycles. The van der Waals surface area contributed by atoms with Crippen LogP contribution in [0.25, 0.3) is 0 Å². The molecule has 6 heteroatoms. The van der Waals surface area contributed by atoms with Gasteiger partial charge in [-0.05, 0) is 13.3 Å². The number of hydrogen-bond donors (Lipinski definition) is 2.